The molecule has 11 heteroatoms. The molecule has 6 nitrogen and oxygen atoms in total. The van der Waals surface area contributed by atoms with E-state index in [1.165, 1.54) is 18.3 Å². The molecule has 27 heavy (non-hydrogen) atoms. The Bertz CT molecular complexity index is 869. The molecule has 1 N–H and O–H groups in total. The standard InChI is InChI=1S/C16H15Cl2F3N4O2/c1-24(9-25-15(27)13(18)12(17)6-23-25)7-10-2-4-11(5-3-10)14(26)22-8-16(19,20)21/h2-6H,7-9H2,1H3,(H,22,26). The fourth-order valence-corrected chi connectivity index (χ4v) is 2.45. The predicted molar refractivity (Wildman–Crippen MR) is 94.8 cm³/mol. The van der Waals surface area contributed by atoms with E-state index in [1.807, 2.05) is 0 Å². The first kappa shape index (κ1) is 21.2. The molecule has 0 radical (unpaired) electrons. The molecule has 2 rings (SSSR count). The number of hydrogen-bond donors (Lipinski definition) is 1. The third-order valence-corrected chi connectivity index (χ3v) is 4.18. The molecule has 0 aliphatic carbocycles. The van der Waals surface area contributed by atoms with Gasteiger partial charge in [0.1, 0.15) is 11.6 Å². The fraction of sp³-hybridized carbons (Fsp3) is 0.312. The third-order valence-electron chi connectivity index (χ3n) is 3.44. The number of carbonyl (C=O) groups is 1. The lowest BCUT2D eigenvalue weighted by atomic mass is 10.1. The molecule has 1 aromatic carbocycles. The molecular formula is C16H15Cl2F3N4O2. The zero-order valence-electron chi connectivity index (χ0n) is 14.1. The Labute approximate surface area is 162 Å². The van der Waals surface area contributed by atoms with Gasteiger partial charge in [-0.15, -0.1) is 0 Å². The van der Waals surface area contributed by atoms with Crippen LogP contribution in [0.1, 0.15) is 15.9 Å². The van der Waals surface area contributed by atoms with E-state index in [0.29, 0.717) is 6.54 Å². The summed E-state index contributed by atoms with van der Waals surface area (Å²) in [5, 5.41) is 5.66. The lowest BCUT2D eigenvalue weighted by Gasteiger charge is -2.17. The minimum atomic E-state index is -4.46. The van der Waals surface area contributed by atoms with Crippen LogP contribution >= 0.6 is 23.2 Å². The molecule has 0 atom stereocenters. The van der Waals surface area contributed by atoms with Crippen LogP contribution in [0.4, 0.5) is 13.2 Å². The molecule has 0 bridgehead atoms. The van der Waals surface area contributed by atoms with Gasteiger partial charge in [0.15, 0.2) is 0 Å². The summed E-state index contributed by atoms with van der Waals surface area (Å²) in [4.78, 5) is 25.4. The van der Waals surface area contributed by atoms with Crippen LogP contribution in [0, 0.1) is 0 Å². The summed E-state index contributed by atoms with van der Waals surface area (Å²) in [5.74, 6) is -0.807. The van der Waals surface area contributed by atoms with Gasteiger partial charge in [0.2, 0.25) is 0 Å². The van der Waals surface area contributed by atoms with Crippen LogP contribution in [-0.4, -0.2) is 40.4 Å². The number of benzene rings is 1. The summed E-state index contributed by atoms with van der Waals surface area (Å²) < 4.78 is 37.5. The number of nitrogens with one attached hydrogen (secondary N) is 1. The Kier molecular flexibility index (Phi) is 6.85. The molecule has 1 aromatic heterocycles. The molecular weight excluding hydrogens is 408 g/mol. The smallest absolute Gasteiger partial charge is 0.343 e. The highest BCUT2D eigenvalue weighted by atomic mass is 35.5. The maximum absolute atomic E-state index is 12.1. The average molecular weight is 423 g/mol. The van der Waals surface area contributed by atoms with Crippen molar-refractivity contribution < 1.29 is 18.0 Å². The second kappa shape index (κ2) is 8.73. The Balaban J connectivity index is 1.97. The third kappa shape index (κ3) is 6.23. The summed E-state index contributed by atoms with van der Waals surface area (Å²) in [5.41, 5.74) is 0.388. The monoisotopic (exact) mass is 422 g/mol. The van der Waals surface area contributed by atoms with E-state index in [4.69, 9.17) is 23.2 Å². The first-order valence-corrected chi connectivity index (χ1v) is 8.36. The molecule has 0 fully saturated rings. The summed E-state index contributed by atoms with van der Waals surface area (Å²) in [6, 6.07) is 6.09. The van der Waals surface area contributed by atoms with Gasteiger partial charge in [0, 0.05) is 12.1 Å². The number of nitrogens with zero attached hydrogens (tertiary/aromatic N) is 3. The van der Waals surface area contributed by atoms with Crippen molar-refractivity contribution in [1.29, 1.82) is 0 Å². The molecule has 0 spiro atoms. The highest BCUT2D eigenvalue weighted by Gasteiger charge is 2.27. The Hall–Kier alpha value is -2.10. The van der Waals surface area contributed by atoms with Crippen molar-refractivity contribution in [2.75, 3.05) is 13.6 Å². The van der Waals surface area contributed by atoms with E-state index >= 15 is 0 Å². The van der Waals surface area contributed by atoms with Gasteiger partial charge in [-0.25, -0.2) is 4.68 Å². The van der Waals surface area contributed by atoms with E-state index in [2.05, 4.69) is 5.10 Å². The summed E-state index contributed by atoms with van der Waals surface area (Å²) in [6.07, 6.45) is -3.19. The van der Waals surface area contributed by atoms with Crippen molar-refractivity contribution in [3.63, 3.8) is 0 Å². The SMILES string of the molecule is CN(Cc1ccc(C(=O)NCC(F)(F)F)cc1)Cn1ncc(Cl)c(Cl)c1=O. The van der Waals surface area contributed by atoms with Crippen LogP contribution in [0.3, 0.4) is 0 Å². The number of carbonyl (C=O) groups excluding carboxylic acids is 1. The van der Waals surface area contributed by atoms with Crippen molar-refractivity contribution in [2.45, 2.75) is 19.4 Å². The molecule has 1 heterocycles. The van der Waals surface area contributed by atoms with E-state index in [0.717, 1.165) is 10.2 Å². The molecule has 146 valence electrons. The van der Waals surface area contributed by atoms with Crippen molar-refractivity contribution in [3.8, 4) is 0 Å². The highest BCUT2D eigenvalue weighted by molar-refractivity contribution is 6.41. The lowest BCUT2D eigenvalue weighted by molar-refractivity contribution is -0.123. The predicted octanol–water partition coefficient (Wildman–Crippen LogP) is 2.93. The molecule has 0 aliphatic heterocycles. The number of amides is 1. The number of alkyl halides is 3. The topological polar surface area (TPSA) is 67.2 Å². The number of hydrogen-bond acceptors (Lipinski definition) is 4. The van der Waals surface area contributed by atoms with Crippen LogP contribution in [-0.2, 0) is 13.2 Å². The van der Waals surface area contributed by atoms with Gasteiger partial charge in [-0.1, -0.05) is 35.3 Å². The highest BCUT2D eigenvalue weighted by Crippen LogP contribution is 2.15. The Morgan fingerprint density at radius 2 is 1.89 bits per heavy atom. The van der Waals surface area contributed by atoms with Crippen molar-refractivity contribution in [1.82, 2.24) is 20.0 Å². The van der Waals surface area contributed by atoms with Crippen molar-refractivity contribution in [2.24, 2.45) is 0 Å². The zero-order valence-corrected chi connectivity index (χ0v) is 15.6. The first-order chi connectivity index (χ1) is 12.6. The van der Waals surface area contributed by atoms with E-state index in [1.54, 1.807) is 29.4 Å². The fourth-order valence-electron chi connectivity index (χ4n) is 2.18. The Morgan fingerprint density at radius 3 is 2.48 bits per heavy atom. The lowest BCUT2D eigenvalue weighted by Crippen LogP contribution is -2.33. The quantitative estimate of drug-likeness (QED) is 0.776. The molecule has 0 unspecified atom stereocenters. The number of aromatic nitrogens is 2. The van der Waals surface area contributed by atoms with Crippen LogP contribution in [0.2, 0.25) is 10.0 Å². The number of rotatable bonds is 6. The summed E-state index contributed by atoms with van der Waals surface area (Å²) >= 11 is 11.5. The molecule has 2 aromatic rings. The molecule has 0 saturated carbocycles. The molecule has 0 aliphatic rings. The van der Waals surface area contributed by atoms with Gasteiger partial charge >= 0.3 is 6.18 Å². The first-order valence-electron chi connectivity index (χ1n) is 7.60. The van der Waals surface area contributed by atoms with E-state index in [9.17, 15) is 22.8 Å². The number of halogens is 5. The minimum Gasteiger partial charge on any atom is -0.343 e. The maximum Gasteiger partial charge on any atom is 0.405 e. The van der Waals surface area contributed by atoms with Gasteiger partial charge < -0.3 is 5.32 Å². The van der Waals surface area contributed by atoms with Gasteiger partial charge in [-0.3, -0.25) is 14.5 Å². The molecule has 0 saturated heterocycles. The van der Waals surface area contributed by atoms with Crippen LogP contribution < -0.4 is 10.9 Å². The van der Waals surface area contributed by atoms with Crippen molar-refractivity contribution >= 4 is 29.1 Å². The van der Waals surface area contributed by atoms with E-state index in [-0.39, 0.29) is 22.3 Å². The van der Waals surface area contributed by atoms with Gasteiger partial charge in [0.05, 0.1) is 17.9 Å². The molecule has 1 amide bonds. The zero-order chi connectivity index (χ0) is 20.2. The Morgan fingerprint density at radius 1 is 1.26 bits per heavy atom. The maximum atomic E-state index is 12.1. The van der Waals surface area contributed by atoms with Crippen LogP contribution in [0.15, 0.2) is 35.3 Å². The van der Waals surface area contributed by atoms with E-state index < -0.39 is 24.2 Å². The summed E-state index contributed by atoms with van der Waals surface area (Å²) in [6.45, 7) is -0.843. The van der Waals surface area contributed by atoms with Gasteiger partial charge in [0.25, 0.3) is 11.5 Å². The largest absolute Gasteiger partial charge is 0.405 e. The van der Waals surface area contributed by atoms with Crippen molar-refractivity contribution in [3.05, 3.63) is 62.0 Å². The van der Waals surface area contributed by atoms with Crippen LogP contribution in [0.25, 0.3) is 0 Å². The average Bonchev–Trinajstić information content (AvgIpc) is 2.60. The van der Waals surface area contributed by atoms with Gasteiger partial charge in [-0.2, -0.15) is 18.3 Å². The van der Waals surface area contributed by atoms with Crippen LogP contribution in [0.5, 0.6) is 0 Å². The van der Waals surface area contributed by atoms with Gasteiger partial charge in [-0.05, 0) is 24.7 Å². The normalized spacial score (nSPS) is 11.7. The summed E-state index contributed by atoms with van der Waals surface area (Å²) in [7, 11) is 1.74. The second-order valence-electron chi connectivity index (χ2n) is 5.76. The minimum absolute atomic E-state index is 0.0694. The second-order valence-corrected chi connectivity index (χ2v) is 6.55.